The van der Waals surface area contributed by atoms with E-state index in [4.69, 9.17) is 4.74 Å². The molecule has 0 bridgehead atoms. The average molecular weight is 344 g/mol. The minimum absolute atomic E-state index is 0.00104. The van der Waals surface area contributed by atoms with Crippen LogP contribution >= 0.6 is 15.9 Å². The first-order chi connectivity index (χ1) is 9.49. The zero-order valence-electron chi connectivity index (χ0n) is 11.3. The van der Waals surface area contributed by atoms with Crippen molar-refractivity contribution in [1.82, 2.24) is 0 Å². The Morgan fingerprint density at radius 3 is 2.60 bits per heavy atom. The second-order valence-electron chi connectivity index (χ2n) is 5.15. The molecule has 0 heterocycles. The number of nitro groups is 1. The molecule has 1 atom stereocenters. The summed E-state index contributed by atoms with van der Waals surface area (Å²) in [5.74, 6) is 0.208. The molecule has 20 heavy (non-hydrogen) atoms. The first-order valence-electron chi connectivity index (χ1n) is 6.81. The number of rotatable bonds is 4. The van der Waals surface area contributed by atoms with Gasteiger partial charge in [0.2, 0.25) is 5.75 Å². The molecule has 1 aromatic rings. The van der Waals surface area contributed by atoms with Gasteiger partial charge in [-0.3, -0.25) is 10.1 Å². The van der Waals surface area contributed by atoms with Crippen LogP contribution in [0, 0.1) is 10.1 Å². The summed E-state index contributed by atoms with van der Waals surface area (Å²) in [6.07, 6.45) is 4.36. The van der Waals surface area contributed by atoms with E-state index in [2.05, 4.69) is 15.9 Å². The molecule has 1 saturated carbocycles. The third-order valence-corrected chi connectivity index (χ3v) is 4.00. The van der Waals surface area contributed by atoms with Crippen LogP contribution in [-0.2, 0) is 0 Å². The molecule has 110 valence electrons. The van der Waals surface area contributed by atoms with Crippen molar-refractivity contribution < 1.29 is 14.8 Å². The molecule has 0 aliphatic heterocycles. The molecule has 0 saturated heterocycles. The molecule has 0 radical (unpaired) electrons. The van der Waals surface area contributed by atoms with E-state index in [9.17, 15) is 15.2 Å². The van der Waals surface area contributed by atoms with Crippen LogP contribution in [0.15, 0.2) is 16.6 Å². The largest absolute Gasteiger partial charge is 0.483 e. The molecular formula is C14H18BrNO4. The molecule has 1 aliphatic rings. The van der Waals surface area contributed by atoms with Crippen LogP contribution in [0.2, 0.25) is 0 Å². The number of aliphatic hydroxyl groups excluding tert-OH is 1. The van der Waals surface area contributed by atoms with Crippen molar-refractivity contribution in [2.75, 3.05) is 0 Å². The SMILES string of the molecule is C[C@@H](O)c1cc(Br)cc([N+](=O)[O-])c1OC1CCCCC1. The van der Waals surface area contributed by atoms with Gasteiger partial charge in [0.25, 0.3) is 0 Å². The Balaban J connectivity index is 2.38. The third kappa shape index (κ3) is 3.49. The fourth-order valence-corrected chi connectivity index (χ4v) is 2.99. The van der Waals surface area contributed by atoms with Gasteiger partial charge in [-0.05, 0) is 38.7 Å². The molecule has 5 nitrogen and oxygen atoms in total. The van der Waals surface area contributed by atoms with Crippen LogP contribution in [0.5, 0.6) is 5.75 Å². The van der Waals surface area contributed by atoms with Crippen molar-refractivity contribution in [1.29, 1.82) is 0 Å². The van der Waals surface area contributed by atoms with Crippen molar-refractivity contribution in [2.45, 2.75) is 51.2 Å². The lowest BCUT2D eigenvalue weighted by Gasteiger charge is -2.24. The van der Waals surface area contributed by atoms with Gasteiger partial charge in [-0.15, -0.1) is 0 Å². The van der Waals surface area contributed by atoms with Gasteiger partial charge in [-0.25, -0.2) is 0 Å². The summed E-state index contributed by atoms with van der Waals surface area (Å²) in [4.78, 5) is 10.8. The number of ether oxygens (including phenoxy) is 1. The van der Waals surface area contributed by atoms with Gasteiger partial charge in [0.15, 0.2) is 0 Å². The number of nitro benzene ring substituents is 1. The predicted octanol–water partition coefficient (Wildman–Crippen LogP) is 4.12. The van der Waals surface area contributed by atoms with Crippen LogP contribution in [-0.4, -0.2) is 16.1 Å². The highest BCUT2D eigenvalue weighted by molar-refractivity contribution is 9.10. The predicted molar refractivity (Wildman–Crippen MR) is 78.9 cm³/mol. The lowest BCUT2D eigenvalue weighted by Crippen LogP contribution is -2.21. The summed E-state index contributed by atoms with van der Waals surface area (Å²) < 4.78 is 6.44. The minimum Gasteiger partial charge on any atom is -0.483 e. The van der Waals surface area contributed by atoms with E-state index in [1.54, 1.807) is 13.0 Å². The van der Waals surface area contributed by atoms with Crippen molar-refractivity contribution >= 4 is 21.6 Å². The lowest BCUT2D eigenvalue weighted by atomic mass is 9.97. The molecule has 0 amide bonds. The zero-order valence-corrected chi connectivity index (χ0v) is 12.9. The number of hydrogen-bond acceptors (Lipinski definition) is 4. The first-order valence-corrected chi connectivity index (χ1v) is 7.61. The van der Waals surface area contributed by atoms with E-state index in [-0.39, 0.29) is 17.5 Å². The maximum atomic E-state index is 11.2. The maximum Gasteiger partial charge on any atom is 0.312 e. The normalized spacial score (nSPS) is 17.8. The summed E-state index contributed by atoms with van der Waals surface area (Å²) >= 11 is 3.24. The number of hydrogen-bond donors (Lipinski definition) is 1. The standard InChI is InChI=1S/C14H18BrNO4/c1-9(17)12-7-10(15)8-13(16(18)19)14(12)20-11-5-3-2-4-6-11/h7-9,11,17H,2-6H2,1H3/t9-/m1/s1. The Morgan fingerprint density at radius 2 is 2.05 bits per heavy atom. The van der Waals surface area contributed by atoms with Crippen LogP contribution in [0.1, 0.15) is 50.7 Å². The first kappa shape index (κ1) is 15.3. The molecule has 1 fully saturated rings. The Labute approximate surface area is 126 Å². The van der Waals surface area contributed by atoms with E-state index in [1.165, 1.54) is 12.5 Å². The molecule has 0 unspecified atom stereocenters. The highest BCUT2D eigenvalue weighted by Crippen LogP contribution is 2.39. The average Bonchev–Trinajstić information content (AvgIpc) is 2.41. The van der Waals surface area contributed by atoms with Gasteiger partial charge >= 0.3 is 5.69 Å². The summed E-state index contributed by atoms with van der Waals surface area (Å²) in [6, 6.07) is 3.10. The van der Waals surface area contributed by atoms with Crippen molar-refractivity contribution in [3.05, 3.63) is 32.3 Å². The number of aliphatic hydroxyl groups is 1. The Morgan fingerprint density at radius 1 is 1.40 bits per heavy atom. The summed E-state index contributed by atoms with van der Waals surface area (Å²) in [5, 5.41) is 21.1. The molecule has 2 rings (SSSR count). The Kier molecular flexibility index (Phi) is 4.99. The molecular weight excluding hydrogens is 326 g/mol. The van der Waals surface area contributed by atoms with E-state index < -0.39 is 11.0 Å². The highest BCUT2D eigenvalue weighted by atomic mass is 79.9. The third-order valence-electron chi connectivity index (χ3n) is 3.55. The Hall–Kier alpha value is -1.14. The van der Waals surface area contributed by atoms with Gasteiger partial charge in [0.05, 0.1) is 17.1 Å². The van der Waals surface area contributed by atoms with E-state index >= 15 is 0 Å². The fourth-order valence-electron chi connectivity index (χ4n) is 2.52. The van der Waals surface area contributed by atoms with E-state index in [0.29, 0.717) is 10.0 Å². The lowest BCUT2D eigenvalue weighted by molar-refractivity contribution is -0.386. The van der Waals surface area contributed by atoms with Gasteiger partial charge < -0.3 is 9.84 Å². The number of halogens is 1. The van der Waals surface area contributed by atoms with Crippen molar-refractivity contribution in [3.63, 3.8) is 0 Å². The number of benzene rings is 1. The van der Waals surface area contributed by atoms with Crippen LogP contribution in [0.25, 0.3) is 0 Å². The van der Waals surface area contributed by atoms with Gasteiger partial charge in [-0.2, -0.15) is 0 Å². The van der Waals surface area contributed by atoms with Gasteiger partial charge in [0, 0.05) is 16.1 Å². The summed E-state index contributed by atoms with van der Waals surface area (Å²) in [6.45, 7) is 1.58. The fraction of sp³-hybridized carbons (Fsp3) is 0.571. The second-order valence-corrected chi connectivity index (χ2v) is 6.07. The van der Waals surface area contributed by atoms with Crippen LogP contribution < -0.4 is 4.74 Å². The molecule has 0 aromatic heterocycles. The van der Waals surface area contributed by atoms with Crippen LogP contribution in [0.3, 0.4) is 0 Å². The smallest absolute Gasteiger partial charge is 0.312 e. The van der Waals surface area contributed by atoms with Crippen molar-refractivity contribution in [3.8, 4) is 5.75 Å². The molecule has 1 aliphatic carbocycles. The molecule has 1 N–H and O–H groups in total. The molecule has 1 aromatic carbocycles. The maximum absolute atomic E-state index is 11.2. The zero-order chi connectivity index (χ0) is 14.7. The second kappa shape index (κ2) is 6.54. The van der Waals surface area contributed by atoms with E-state index in [1.807, 2.05) is 0 Å². The number of nitrogens with zero attached hydrogens (tertiary/aromatic N) is 1. The monoisotopic (exact) mass is 343 g/mol. The van der Waals surface area contributed by atoms with Crippen LogP contribution in [0.4, 0.5) is 5.69 Å². The Bertz CT molecular complexity index is 498. The highest BCUT2D eigenvalue weighted by Gasteiger charge is 2.26. The quantitative estimate of drug-likeness (QED) is 0.659. The van der Waals surface area contributed by atoms with Crippen molar-refractivity contribution in [2.24, 2.45) is 0 Å². The van der Waals surface area contributed by atoms with Gasteiger partial charge in [-0.1, -0.05) is 22.4 Å². The molecule has 0 spiro atoms. The molecule has 6 heteroatoms. The van der Waals surface area contributed by atoms with Gasteiger partial charge in [0.1, 0.15) is 0 Å². The topological polar surface area (TPSA) is 72.6 Å². The summed E-state index contributed by atoms with van der Waals surface area (Å²) in [7, 11) is 0. The summed E-state index contributed by atoms with van der Waals surface area (Å²) in [5.41, 5.74) is 0.359. The minimum atomic E-state index is -0.815. The van der Waals surface area contributed by atoms with E-state index in [0.717, 1.165) is 25.7 Å².